The summed E-state index contributed by atoms with van der Waals surface area (Å²) in [6.45, 7) is 5.82. The first-order chi connectivity index (χ1) is 14.0. The summed E-state index contributed by atoms with van der Waals surface area (Å²) in [5.74, 6) is 0.858. The van der Waals surface area contributed by atoms with E-state index in [1.807, 2.05) is 42.2 Å². The normalized spacial score (nSPS) is 14.7. The number of piperazine rings is 1. The molecule has 1 aliphatic rings. The Labute approximate surface area is 169 Å². The minimum atomic E-state index is 0.0876. The molecule has 148 valence electrons. The van der Waals surface area contributed by atoms with Crippen molar-refractivity contribution in [2.45, 2.75) is 13.5 Å². The molecule has 2 aromatic heterocycles. The second kappa shape index (κ2) is 7.89. The van der Waals surface area contributed by atoms with Crippen molar-refractivity contribution < 1.29 is 4.79 Å². The zero-order chi connectivity index (χ0) is 20.4. The molecule has 0 aliphatic carbocycles. The van der Waals surface area contributed by atoms with Crippen LogP contribution in [0.5, 0.6) is 0 Å². The van der Waals surface area contributed by atoms with Gasteiger partial charge in [0.15, 0.2) is 5.65 Å². The Morgan fingerprint density at radius 2 is 1.93 bits per heavy atom. The first-order valence-electron chi connectivity index (χ1n) is 9.61. The van der Waals surface area contributed by atoms with Gasteiger partial charge in [-0.1, -0.05) is 12.1 Å². The number of hydrogen-bond donors (Lipinski definition) is 1. The smallest absolute Gasteiger partial charge is 0.253 e. The van der Waals surface area contributed by atoms with E-state index < -0.39 is 0 Å². The molecule has 8 nitrogen and oxygen atoms in total. The van der Waals surface area contributed by atoms with Crippen LogP contribution >= 0.6 is 0 Å². The highest BCUT2D eigenvalue weighted by Gasteiger charge is 2.20. The fourth-order valence-electron chi connectivity index (χ4n) is 3.44. The van der Waals surface area contributed by atoms with E-state index >= 15 is 0 Å². The Bertz CT molecular complexity index is 1070. The van der Waals surface area contributed by atoms with Crippen molar-refractivity contribution in [3.63, 3.8) is 0 Å². The molecule has 1 saturated heterocycles. The monoisotopic (exact) mass is 389 g/mol. The van der Waals surface area contributed by atoms with Crippen LogP contribution < -0.4 is 5.32 Å². The minimum Gasteiger partial charge on any atom is -0.366 e. The summed E-state index contributed by atoms with van der Waals surface area (Å²) in [5.41, 5.74) is 3.57. The number of hydrogen-bond acceptors (Lipinski definition) is 6. The number of anilines is 1. The van der Waals surface area contributed by atoms with Crippen LogP contribution in [0, 0.1) is 18.3 Å². The number of nitrogens with one attached hydrogen (secondary N) is 1. The van der Waals surface area contributed by atoms with Crippen LogP contribution in [0.25, 0.3) is 5.65 Å². The first kappa shape index (κ1) is 18.9. The standard InChI is InChI=1S/C21H23N7O/c1-15-11-19(28-20(25-15)18(12-22)14-24-28)23-13-16-3-5-17(6-4-16)21(29)27-9-7-26(2)8-10-27/h3-6,11,14,23H,7-10,13H2,1-2H3. The van der Waals surface area contributed by atoms with E-state index in [-0.39, 0.29) is 5.91 Å². The third-order valence-corrected chi connectivity index (χ3v) is 5.19. The van der Waals surface area contributed by atoms with E-state index in [1.54, 1.807) is 4.52 Å². The molecule has 0 bridgehead atoms. The van der Waals surface area contributed by atoms with Crippen molar-refractivity contribution in [1.29, 1.82) is 5.26 Å². The second-order valence-electron chi connectivity index (χ2n) is 7.33. The number of fused-ring (bicyclic) bond motifs is 1. The number of aromatic nitrogens is 3. The van der Waals surface area contributed by atoms with E-state index in [9.17, 15) is 10.1 Å². The number of benzene rings is 1. The molecular formula is C21H23N7O. The van der Waals surface area contributed by atoms with Gasteiger partial charge in [-0.05, 0) is 31.7 Å². The van der Waals surface area contributed by atoms with Gasteiger partial charge in [-0.15, -0.1) is 0 Å². The van der Waals surface area contributed by atoms with Gasteiger partial charge in [0.05, 0.1) is 6.20 Å². The van der Waals surface area contributed by atoms with Crippen molar-refractivity contribution in [2.24, 2.45) is 0 Å². The lowest BCUT2D eigenvalue weighted by atomic mass is 10.1. The summed E-state index contributed by atoms with van der Waals surface area (Å²) >= 11 is 0. The SMILES string of the molecule is Cc1cc(NCc2ccc(C(=O)N3CCN(C)CC3)cc2)n2ncc(C#N)c2n1. The van der Waals surface area contributed by atoms with E-state index in [0.29, 0.717) is 23.3 Å². The minimum absolute atomic E-state index is 0.0876. The predicted molar refractivity (Wildman–Crippen MR) is 110 cm³/mol. The Kier molecular flexibility index (Phi) is 5.14. The fourth-order valence-corrected chi connectivity index (χ4v) is 3.44. The van der Waals surface area contributed by atoms with Gasteiger partial charge >= 0.3 is 0 Å². The van der Waals surface area contributed by atoms with Gasteiger partial charge in [-0.2, -0.15) is 14.9 Å². The summed E-state index contributed by atoms with van der Waals surface area (Å²) in [6.07, 6.45) is 1.52. The Hall–Kier alpha value is -3.44. The van der Waals surface area contributed by atoms with Gasteiger partial charge in [0, 0.05) is 50.0 Å². The maximum atomic E-state index is 12.7. The highest BCUT2D eigenvalue weighted by Crippen LogP contribution is 2.17. The van der Waals surface area contributed by atoms with Crippen molar-refractivity contribution in [1.82, 2.24) is 24.4 Å². The van der Waals surface area contributed by atoms with Crippen LogP contribution in [-0.2, 0) is 6.54 Å². The molecule has 3 aromatic rings. The lowest BCUT2D eigenvalue weighted by molar-refractivity contribution is 0.0664. The summed E-state index contributed by atoms with van der Waals surface area (Å²) < 4.78 is 1.64. The van der Waals surface area contributed by atoms with Crippen molar-refractivity contribution in [3.05, 3.63) is 58.9 Å². The second-order valence-corrected chi connectivity index (χ2v) is 7.33. The molecule has 3 heterocycles. The predicted octanol–water partition coefficient (Wildman–Crippen LogP) is 1.91. The molecule has 0 atom stereocenters. The highest BCUT2D eigenvalue weighted by molar-refractivity contribution is 5.94. The molecule has 0 unspecified atom stereocenters. The average Bonchev–Trinajstić information content (AvgIpc) is 3.15. The zero-order valence-corrected chi connectivity index (χ0v) is 16.6. The number of nitriles is 1. The van der Waals surface area contributed by atoms with E-state index in [0.717, 1.165) is 43.3 Å². The molecule has 29 heavy (non-hydrogen) atoms. The molecule has 8 heteroatoms. The Balaban J connectivity index is 1.45. The molecular weight excluding hydrogens is 366 g/mol. The topological polar surface area (TPSA) is 89.6 Å². The molecule has 0 spiro atoms. The van der Waals surface area contributed by atoms with E-state index in [2.05, 4.69) is 33.4 Å². The number of carbonyl (C=O) groups is 1. The largest absolute Gasteiger partial charge is 0.366 e. The highest BCUT2D eigenvalue weighted by atomic mass is 16.2. The quantitative estimate of drug-likeness (QED) is 0.733. The number of nitrogens with zero attached hydrogens (tertiary/aromatic N) is 6. The van der Waals surface area contributed by atoms with Crippen LogP contribution in [-0.4, -0.2) is 63.5 Å². The Morgan fingerprint density at radius 3 is 2.62 bits per heavy atom. The zero-order valence-electron chi connectivity index (χ0n) is 16.6. The van der Waals surface area contributed by atoms with Crippen molar-refractivity contribution in [2.75, 3.05) is 38.5 Å². The van der Waals surface area contributed by atoms with Crippen LogP contribution in [0.15, 0.2) is 36.5 Å². The number of rotatable bonds is 4. The summed E-state index contributed by atoms with van der Waals surface area (Å²) in [4.78, 5) is 21.2. The lowest BCUT2D eigenvalue weighted by Gasteiger charge is -2.32. The molecule has 0 saturated carbocycles. The third kappa shape index (κ3) is 3.91. The fraction of sp³-hybridized carbons (Fsp3) is 0.333. The first-order valence-corrected chi connectivity index (χ1v) is 9.61. The van der Waals surface area contributed by atoms with Gasteiger partial charge in [0.25, 0.3) is 5.91 Å². The molecule has 0 radical (unpaired) electrons. The van der Waals surface area contributed by atoms with E-state index in [4.69, 9.17) is 0 Å². The van der Waals surface area contributed by atoms with Crippen LogP contribution in [0.2, 0.25) is 0 Å². The molecule has 1 N–H and O–H groups in total. The lowest BCUT2D eigenvalue weighted by Crippen LogP contribution is -2.47. The Morgan fingerprint density at radius 1 is 1.21 bits per heavy atom. The summed E-state index contributed by atoms with van der Waals surface area (Å²) in [5, 5.41) is 16.8. The molecule has 1 amide bonds. The maximum Gasteiger partial charge on any atom is 0.253 e. The van der Waals surface area contributed by atoms with Crippen molar-refractivity contribution >= 4 is 17.4 Å². The van der Waals surface area contributed by atoms with Gasteiger partial charge < -0.3 is 15.1 Å². The summed E-state index contributed by atoms with van der Waals surface area (Å²) in [6, 6.07) is 11.7. The van der Waals surface area contributed by atoms with Crippen LogP contribution in [0.1, 0.15) is 27.2 Å². The van der Waals surface area contributed by atoms with Gasteiger partial charge in [0.1, 0.15) is 17.5 Å². The van der Waals surface area contributed by atoms with Gasteiger partial charge in [0.2, 0.25) is 0 Å². The van der Waals surface area contributed by atoms with E-state index in [1.165, 1.54) is 6.20 Å². The van der Waals surface area contributed by atoms with Crippen LogP contribution in [0.4, 0.5) is 5.82 Å². The number of carbonyl (C=O) groups excluding carboxylic acids is 1. The third-order valence-electron chi connectivity index (χ3n) is 5.19. The van der Waals surface area contributed by atoms with Crippen LogP contribution in [0.3, 0.4) is 0 Å². The maximum absolute atomic E-state index is 12.7. The molecule has 1 aliphatic heterocycles. The number of aryl methyl sites for hydroxylation is 1. The molecule has 4 rings (SSSR count). The van der Waals surface area contributed by atoms with Crippen molar-refractivity contribution in [3.8, 4) is 6.07 Å². The molecule has 1 fully saturated rings. The average molecular weight is 389 g/mol. The molecule has 1 aromatic carbocycles. The summed E-state index contributed by atoms with van der Waals surface area (Å²) in [7, 11) is 2.08. The number of amides is 1. The van der Waals surface area contributed by atoms with Gasteiger partial charge in [-0.25, -0.2) is 4.98 Å². The number of likely N-dealkylation sites (N-methyl/N-ethyl adjacent to an activating group) is 1. The van der Waals surface area contributed by atoms with Gasteiger partial charge in [-0.3, -0.25) is 4.79 Å².